The van der Waals surface area contributed by atoms with E-state index in [2.05, 4.69) is 38.3 Å². The van der Waals surface area contributed by atoms with Crippen LogP contribution in [0.3, 0.4) is 0 Å². The Morgan fingerprint density at radius 2 is 1.85 bits per heavy atom. The molecule has 1 saturated heterocycles. The normalized spacial score (nSPS) is 20.6. The van der Waals surface area contributed by atoms with E-state index >= 15 is 0 Å². The highest BCUT2D eigenvalue weighted by atomic mass is 32.2. The minimum atomic E-state index is -3.29. The fourth-order valence-corrected chi connectivity index (χ4v) is 4.97. The van der Waals surface area contributed by atoms with E-state index in [1.165, 1.54) is 43.4 Å². The van der Waals surface area contributed by atoms with Gasteiger partial charge in [0.2, 0.25) is 0 Å². The Morgan fingerprint density at radius 1 is 1.17 bits per heavy atom. The first-order valence-electron chi connectivity index (χ1n) is 15.3. The van der Waals surface area contributed by atoms with Crippen LogP contribution in [-0.2, 0) is 14.6 Å². The zero-order chi connectivity index (χ0) is 34.9. The molecule has 1 aromatic carbocycles. The van der Waals surface area contributed by atoms with E-state index in [0.717, 1.165) is 19.1 Å². The maximum Gasteiger partial charge on any atom is 0.261 e. The summed E-state index contributed by atoms with van der Waals surface area (Å²) in [5.74, 6) is 6.18. The summed E-state index contributed by atoms with van der Waals surface area (Å²) in [5, 5.41) is 5.28. The molecule has 0 aromatic heterocycles. The van der Waals surface area contributed by atoms with Crippen LogP contribution in [0.25, 0.3) is 11.3 Å². The second kappa shape index (κ2) is 20.7. The summed E-state index contributed by atoms with van der Waals surface area (Å²) < 4.78 is 55.3. The third kappa shape index (κ3) is 13.2. The van der Waals surface area contributed by atoms with Gasteiger partial charge in [-0.2, -0.15) is 0 Å². The van der Waals surface area contributed by atoms with E-state index in [4.69, 9.17) is 10.5 Å². The van der Waals surface area contributed by atoms with Gasteiger partial charge in [-0.05, 0) is 48.3 Å². The quantitative estimate of drug-likeness (QED) is 0.182. The molecule has 14 heteroatoms. The highest BCUT2D eigenvalue weighted by molar-refractivity contribution is 8.00. The number of nitrogens with one attached hydrogen (secondary N) is 4. The van der Waals surface area contributed by atoms with Gasteiger partial charge in [0, 0.05) is 41.4 Å². The molecule has 256 valence electrons. The number of amides is 1. The van der Waals surface area contributed by atoms with E-state index in [0.29, 0.717) is 17.0 Å². The molecule has 3 aliphatic rings. The van der Waals surface area contributed by atoms with Gasteiger partial charge in [-0.1, -0.05) is 71.2 Å². The molecule has 4 rings (SSSR count). The van der Waals surface area contributed by atoms with Gasteiger partial charge < -0.3 is 21.1 Å². The van der Waals surface area contributed by atoms with Crippen molar-refractivity contribution >= 4 is 45.0 Å². The highest BCUT2D eigenvalue weighted by Gasteiger charge is 2.29. The van der Waals surface area contributed by atoms with Crippen LogP contribution in [0.15, 0.2) is 47.3 Å². The molecule has 46 heavy (non-hydrogen) atoms. The number of nitrogens with two attached hydrogens (primary N) is 1. The molecule has 2 aliphatic heterocycles. The van der Waals surface area contributed by atoms with Crippen LogP contribution in [0.1, 0.15) is 75.9 Å². The molecule has 2 heterocycles. The lowest BCUT2D eigenvalue weighted by Crippen LogP contribution is -2.43. The molecule has 1 aromatic rings. The average Bonchev–Trinajstić information content (AvgIpc) is 3.80. The zero-order valence-electron chi connectivity index (χ0n) is 27.8. The number of allylic oxidation sites excluding steroid dienone is 2. The Balaban J connectivity index is 0.00000166. The molecule has 10 nitrogen and oxygen atoms in total. The maximum absolute atomic E-state index is 13.6. The molecular formula is C32H48F2N6O4S2. The summed E-state index contributed by atoms with van der Waals surface area (Å²) in [6, 6.07) is 3.44. The number of nitrogens with zero attached hydrogens (tertiary/aromatic N) is 1. The molecule has 6 N–H and O–H groups in total. The number of alkyl halides is 2. The number of carbonyl (C=O) groups is 1. The van der Waals surface area contributed by atoms with Gasteiger partial charge in [0.05, 0.1) is 7.11 Å². The average molecular weight is 683 g/mol. The number of hydrazine groups is 1. The smallest absolute Gasteiger partial charge is 0.261 e. The number of ether oxygens (including phenoxy) is 1. The first-order valence-corrected chi connectivity index (χ1v) is 18.3. The maximum atomic E-state index is 13.6. The van der Waals surface area contributed by atoms with Crippen LogP contribution in [0.2, 0.25) is 0 Å². The highest BCUT2D eigenvalue weighted by Crippen LogP contribution is 2.32. The van der Waals surface area contributed by atoms with Gasteiger partial charge in [0.25, 0.3) is 12.3 Å². The Morgan fingerprint density at radius 3 is 2.43 bits per heavy atom. The molecule has 3 atom stereocenters. The summed E-state index contributed by atoms with van der Waals surface area (Å²) in [4.78, 5) is 17.3. The lowest BCUT2D eigenvalue weighted by Gasteiger charge is -2.24. The monoisotopic (exact) mass is 682 g/mol. The second-order valence-electron chi connectivity index (χ2n) is 9.31. The minimum absolute atomic E-state index is 0.191. The van der Waals surface area contributed by atoms with Crippen molar-refractivity contribution in [1.29, 1.82) is 0 Å². The third-order valence-electron chi connectivity index (χ3n) is 5.94. The van der Waals surface area contributed by atoms with Crippen LogP contribution in [-0.4, -0.2) is 63.1 Å². The number of halogens is 2. The van der Waals surface area contributed by atoms with E-state index in [9.17, 15) is 22.0 Å². The Labute approximate surface area is 277 Å². The van der Waals surface area contributed by atoms with Crippen molar-refractivity contribution in [2.45, 2.75) is 77.7 Å². The van der Waals surface area contributed by atoms with Crippen molar-refractivity contribution in [3.05, 3.63) is 59.0 Å². The topological polar surface area (TPSA) is 147 Å². The van der Waals surface area contributed by atoms with Gasteiger partial charge in [-0.25, -0.2) is 28.1 Å². The molecule has 1 saturated carbocycles. The van der Waals surface area contributed by atoms with E-state index in [-0.39, 0.29) is 28.0 Å². The van der Waals surface area contributed by atoms with Crippen molar-refractivity contribution in [3.8, 4) is 11.8 Å². The first-order chi connectivity index (χ1) is 22.0. The lowest BCUT2D eigenvalue weighted by atomic mass is 9.92. The molecule has 3 unspecified atom stereocenters. The van der Waals surface area contributed by atoms with Gasteiger partial charge in [0.1, 0.15) is 28.5 Å². The van der Waals surface area contributed by atoms with Crippen molar-refractivity contribution < 1.29 is 26.7 Å². The molecule has 1 amide bonds. The number of hydrogen-bond donors (Lipinski definition) is 5. The fraction of sp³-hybridized carbons (Fsp3) is 0.500. The zero-order valence-corrected chi connectivity index (χ0v) is 29.4. The Kier molecular flexibility index (Phi) is 18.3. The second-order valence-corrected chi connectivity index (χ2v) is 12.6. The molecule has 2 fully saturated rings. The van der Waals surface area contributed by atoms with Gasteiger partial charge in [-0.15, -0.1) is 0 Å². The molecule has 0 bridgehead atoms. The van der Waals surface area contributed by atoms with Crippen LogP contribution < -0.4 is 27.2 Å². The minimum Gasteiger partial charge on any atom is -0.495 e. The number of methoxy groups -OCH3 is 1. The fourth-order valence-electron chi connectivity index (χ4n) is 3.76. The lowest BCUT2D eigenvalue weighted by molar-refractivity contribution is 0.0944. The number of dihydropyridines is 1. The number of rotatable bonds is 9. The number of benzene rings is 1. The number of hydrogen-bond acceptors (Lipinski definition) is 10. The summed E-state index contributed by atoms with van der Waals surface area (Å²) in [6.45, 7) is 12.0. The van der Waals surface area contributed by atoms with E-state index < -0.39 is 39.6 Å². The van der Waals surface area contributed by atoms with Crippen molar-refractivity contribution in [3.63, 3.8) is 0 Å². The predicted molar refractivity (Wildman–Crippen MR) is 186 cm³/mol. The summed E-state index contributed by atoms with van der Waals surface area (Å²) in [5.41, 5.74) is 13.3. The van der Waals surface area contributed by atoms with Crippen LogP contribution in [0, 0.1) is 17.8 Å². The summed E-state index contributed by atoms with van der Waals surface area (Å²) >= 11 is 1.40. The summed E-state index contributed by atoms with van der Waals surface area (Å²) in [6.07, 6.45) is 5.90. The molecular weight excluding hydrogens is 635 g/mol. The van der Waals surface area contributed by atoms with Gasteiger partial charge in [-0.3, -0.25) is 9.79 Å². The number of carbonyl (C=O) groups excluding carboxylic acids is 1. The van der Waals surface area contributed by atoms with Crippen molar-refractivity contribution in [2.24, 2.45) is 16.6 Å². The number of thioether (sulfide) groups is 1. The standard InChI is InChI=1S/C26H30F2N6O4S2.3C2H6/c1-38-22-13-31-21(24(27)28)12-19(22)18-11-16(20(29)9-10-30-14-40(2,36)37)6-7-17(18)25(35)32-26-34-33-23(39-26)8-5-15-3-4-15;3*1-2/h6-7,9-13,15,21,23-24,26,31,33-34H,3-4,14,29H2,1-2H3,(H,32,35);3*1-2H3/b20-9-,30-10+;;;. The number of sulfone groups is 1. The summed E-state index contributed by atoms with van der Waals surface area (Å²) in [7, 11) is -1.89. The van der Waals surface area contributed by atoms with Crippen molar-refractivity contribution in [2.75, 3.05) is 19.2 Å². The van der Waals surface area contributed by atoms with Crippen LogP contribution in [0.5, 0.6) is 0 Å². The van der Waals surface area contributed by atoms with Gasteiger partial charge >= 0.3 is 0 Å². The largest absolute Gasteiger partial charge is 0.495 e. The SMILES string of the molecule is CC.CC.CC.COC1=CNC(C(F)F)C=C1c1cc(/C(N)=C/C=N/CS(C)(=O)=O)ccc1C(=O)NC1NNC(C#CC2CC2)S1. The van der Waals surface area contributed by atoms with Gasteiger partial charge in [0.15, 0.2) is 9.84 Å². The van der Waals surface area contributed by atoms with Crippen LogP contribution in [0.4, 0.5) is 8.78 Å². The molecule has 0 radical (unpaired) electrons. The Hall–Kier alpha value is -3.38. The predicted octanol–water partition coefficient (Wildman–Crippen LogP) is 4.84. The van der Waals surface area contributed by atoms with E-state index in [1.54, 1.807) is 18.2 Å². The van der Waals surface area contributed by atoms with E-state index in [1.807, 2.05) is 41.5 Å². The third-order valence-corrected chi connectivity index (χ3v) is 7.58. The first kappa shape index (κ1) is 40.6. The molecule has 0 spiro atoms. The Bertz CT molecular complexity index is 1430. The molecule has 1 aliphatic carbocycles. The van der Waals surface area contributed by atoms with Crippen LogP contribution >= 0.6 is 11.8 Å². The number of aliphatic imine (C=N–C) groups is 1. The van der Waals surface area contributed by atoms with Crippen molar-refractivity contribution in [1.82, 2.24) is 21.5 Å².